The molecule has 0 amide bonds. The summed E-state index contributed by atoms with van der Waals surface area (Å²) in [5.74, 6) is -0.769. The first-order valence-electron chi connectivity index (χ1n) is 7.45. The monoisotopic (exact) mass is 286 g/mol. The van der Waals surface area contributed by atoms with Crippen LogP contribution in [0.1, 0.15) is 49.7 Å². The zero-order valence-corrected chi connectivity index (χ0v) is 12.7. The second-order valence-corrected chi connectivity index (χ2v) is 6.05. The third-order valence-corrected chi connectivity index (χ3v) is 4.61. The molecule has 0 aliphatic heterocycles. The summed E-state index contributed by atoms with van der Waals surface area (Å²) in [7, 11) is 1.93. The fourth-order valence-corrected chi connectivity index (χ4v) is 3.39. The summed E-state index contributed by atoms with van der Waals surface area (Å²) < 4.78 is 0. The highest BCUT2D eigenvalue weighted by Gasteiger charge is 2.39. The predicted octanol–water partition coefficient (Wildman–Crippen LogP) is 3.48. The van der Waals surface area contributed by atoms with Crippen molar-refractivity contribution in [3.8, 4) is 6.07 Å². The van der Waals surface area contributed by atoms with Crippen LogP contribution in [0.5, 0.6) is 0 Å². The van der Waals surface area contributed by atoms with Gasteiger partial charge < -0.3 is 10.0 Å². The third kappa shape index (κ3) is 3.18. The number of hydrogen-bond donors (Lipinski definition) is 1. The van der Waals surface area contributed by atoms with Gasteiger partial charge in [-0.15, -0.1) is 0 Å². The third-order valence-electron chi connectivity index (χ3n) is 4.61. The lowest BCUT2D eigenvalue weighted by atomic mass is 9.77. The van der Waals surface area contributed by atoms with Crippen molar-refractivity contribution in [2.75, 3.05) is 11.9 Å². The molecule has 0 atom stereocenters. The number of nitrogens with zero attached hydrogens (tertiary/aromatic N) is 2. The molecule has 0 spiro atoms. The maximum Gasteiger partial charge on any atom is 0.305 e. The summed E-state index contributed by atoms with van der Waals surface area (Å²) in [6.07, 6.45) is 5.12. The van der Waals surface area contributed by atoms with E-state index in [1.54, 1.807) is 0 Å². The molecule has 4 nitrogen and oxygen atoms in total. The SMILES string of the molecule is Cc1ccc(C#N)c(N(C)C2(CC(=O)O)CCCCC2)c1. The second kappa shape index (κ2) is 6.17. The highest BCUT2D eigenvalue weighted by Crippen LogP contribution is 2.39. The topological polar surface area (TPSA) is 64.3 Å². The number of anilines is 1. The molecule has 21 heavy (non-hydrogen) atoms. The minimum atomic E-state index is -0.769. The smallest absolute Gasteiger partial charge is 0.305 e. The molecule has 0 bridgehead atoms. The first kappa shape index (κ1) is 15.4. The lowest BCUT2D eigenvalue weighted by molar-refractivity contribution is -0.138. The number of hydrogen-bond acceptors (Lipinski definition) is 3. The van der Waals surface area contributed by atoms with Crippen LogP contribution >= 0.6 is 0 Å². The number of nitriles is 1. The van der Waals surface area contributed by atoms with Crippen LogP contribution < -0.4 is 4.90 Å². The van der Waals surface area contributed by atoms with Crippen LogP contribution in [0.15, 0.2) is 18.2 Å². The highest BCUT2D eigenvalue weighted by molar-refractivity contribution is 5.71. The number of carbonyl (C=O) groups is 1. The predicted molar refractivity (Wildman–Crippen MR) is 82.4 cm³/mol. The average Bonchev–Trinajstić information content (AvgIpc) is 2.46. The van der Waals surface area contributed by atoms with Crippen molar-refractivity contribution in [2.24, 2.45) is 0 Å². The Labute approximate surface area is 126 Å². The van der Waals surface area contributed by atoms with Crippen molar-refractivity contribution in [1.82, 2.24) is 0 Å². The minimum Gasteiger partial charge on any atom is -0.481 e. The molecule has 0 heterocycles. The molecule has 4 heteroatoms. The van der Waals surface area contributed by atoms with Gasteiger partial charge in [0.25, 0.3) is 0 Å². The van der Waals surface area contributed by atoms with Gasteiger partial charge in [0.05, 0.1) is 23.2 Å². The Morgan fingerprint density at radius 2 is 2.05 bits per heavy atom. The van der Waals surface area contributed by atoms with Crippen LogP contribution in [0, 0.1) is 18.3 Å². The lowest BCUT2D eigenvalue weighted by Crippen LogP contribution is -2.50. The van der Waals surface area contributed by atoms with Gasteiger partial charge in [0.15, 0.2) is 0 Å². The number of aliphatic carboxylic acids is 1. The van der Waals surface area contributed by atoms with Crippen molar-refractivity contribution in [3.05, 3.63) is 29.3 Å². The molecular formula is C17H22N2O2. The maximum absolute atomic E-state index is 11.3. The van der Waals surface area contributed by atoms with Crippen LogP contribution in [-0.4, -0.2) is 23.7 Å². The molecular weight excluding hydrogens is 264 g/mol. The largest absolute Gasteiger partial charge is 0.481 e. The van der Waals surface area contributed by atoms with Gasteiger partial charge in [0.1, 0.15) is 6.07 Å². The van der Waals surface area contributed by atoms with Crippen LogP contribution in [0.2, 0.25) is 0 Å². The van der Waals surface area contributed by atoms with Crippen molar-refractivity contribution in [1.29, 1.82) is 5.26 Å². The summed E-state index contributed by atoms with van der Waals surface area (Å²) in [5, 5.41) is 18.6. The van der Waals surface area contributed by atoms with Gasteiger partial charge in [-0.2, -0.15) is 5.26 Å². The fourth-order valence-electron chi connectivity index (χ4n) is 3.39. The molecule has 1 fully saturated rings. The van der Waals surface area contributed by atoms with Crippen LogP contribution in [0.3, 0.4) is 0 Å². The van der Waals surface area contributed by atoms with E-state index < -0.39 is 5.97 Å². The molecule has 1 aromatic rings. The van der Waals surface area contributed by atoms with Crippen LogP contribution in [0.4, 0.5) is 5.69 Å². The molecule has 2 rings (SSSR count). The Morgan fingerprint density at radius 1 is 1.38 bits per heavy atom. The molecule has 0 radical (unpaired) electrons. The lowest BCUT2D eigenvalue weighted by Gasteiger charge is -2.45. The molecule has 1 aliphatic rings. The van der Waals surface area contributed by atoms with E-state index in [0.29, 0.717) is 5.56 Å². The second-order valence-electron chi connectivity index (χ2n) is 6.05. The van der Waals surface area contributed by atoms with E-state index in [4.69, 9.17) is 0 Å². The van der Waals surface area contributed by atoms with Crippen molar-refractivity contribution < 1.29 is 9.90 Å². The molecule has 0 unspecified atom stereocenters. The van der Waals surface area contributed by atoms with Crippen LogP contribution in [0.25, 0.3) is 0 Å². The number of rotatable bonds is 4. The Balaban J connectivity index is 2.43. The van der Waals surface area contributed by atoms with E-state index in [9.17, 15) is 15.2 Å². The molecule has 0 aromatic heterocycles. The average molecular weight is 286 g/mol. The minimum absolute atomic E-state index is 0.127. The van der Waals surface area contributed by atoms with Gasteiger partial charge in [-0.1, -0.05) is 25.3 Å². The summed E-state index contributed by atoms with van der Waals surface area (Å²) >= 11 is 0. The van der Waals surface area contributed by atoms with E-state index in [1.807, 2.05) is 37.1 Å². The molecule has 1 aromatic carbocycles. The van der Waals surface area contributed by atoms with Gasteiger partial charge in [-0.3, -0.25) is 4.79 Å². The van der Waals surface area contributed by atoms with Crippen molar-refractivity contribution in [3.63, 3.8) is 0 Å². The summed E-state index contributed by atoms with van der Waals surface area (Å²) in [4.78, 5) is 13.4. The number of carboxylic acids is 1. The first-order valence-corrected chi connectivity index (χ1v) is 7.45. The van der Waals surface area contributed by atoms with Gasteiger partial charge >= 0.3 is 5.97 Å². The molecule has 1 aliphatic carbocycles. The Hall–Kier alpha value is -2.02. The zero-order chi connectivity index (χ0) is 15.5. The van der Waals surface area contributed by atoms with E-state index >= 15 is 0 Å². The fraction of sp³-hybridized carbons (Fsp3) is 0.529. The molecule has 1 N–H and O–H groups in total. The molecule has 112 valence electrons. The molecule has 1 saturated carbocycles. The summed E-state index contributed by atoms with van der Waals surface area (Å²) in [6, 6.07) is 7.94. The van der Waals surface area contributed by atoms with E-state index in [1.165, 1.54) is 0 Å². The van der Waals surface area contributed by atoms with Gasteiger partial charge in [0.2, 0.25) is 0 Å². The Bertz CT molecular complexity index is 569. The first-order chi connectivity index (χ1) is 9.98. The van der Waals surface area contributed by atoms with Gasteiger partial charge in [0, 0.05) is 7.05 Å². The summed E-state index contributed by atoms with van der Waals surface area (Å²) in [6.45, 7) is 1.99. The zero-order valence-electron chi connectivity index (χ0n) is 12.7. The van der Waals surface area contributed by atoms with Crippen molar-refractivity contribution >= 4 is 11.7 Å². The number of aryl methyl sites for hydroxylation is 1. The van der Waals surface area contributed by atoms with E-state index in [0.717, 1.165) is 43.4 Å². The maximum atomic E-state index is 11.3. The van der Waals surface area contributed by atoms with E-state index in [-0.39, 0.29) is 12.0 Å². The molecule has 0 saturated heterocycles. The standard InChI is InChI=1S/C17H22N2O2/c1-13-6-7-14(12-18)15(10-13)19(2)17(11-16(20)21)8-4-3-5-9-17/h6-7,10H,3-5,8-9,11H2,1-2H3,(H,20,21). The van der Waals surface area contributed by atoms with Gasteiger partial charge in [-0.25, -0.2) is 0 Å². The van der Waals surface area contributed by atoms with Gasteiger partial charge in [-0.05, 0) is 37.5 Å². The normalized spacial score (nSPS) is 17.0. The summed E-state index contributed by atoms with van der Waals surface area (Å²) in [5.41, 5.74) is 2.17. The Morgan fingerprint density at radius 3 is 2.62 bits per heavy atom. The van der Waals surface area contributed by atoms with E-state index in [2.05, 4.69) is 6.07 Å². The van der Waals surface area contributed by atoms with Crippen molar-refractivity contribution in [2.45, 2.75) is 51.0 Å². The Kier molecular flexibility index (Phi) is 4.52. The van der Waals surface area contributed by atoms with Crippen LogP contribution in [-0.2, 0) is 4.79 Å². The number of carboxylic acid groups (broad SMARTS) is 1. The number of benzene rings is 1. The highest BCUT2D eigenvalue weighted by atomic mass is 16.4. The quantitative estimate of drug-likeness (QED) is 0.920.